The summed E-state index contributed by atoms with van der Waals surface area (Å²) in [7, 11) is 4.02. The molecule has 0 N–H and O–H groups in total. The van der Waals surface area contributed by atoms with Gasteiger partial charge >= 0.3 is 5.16 Å². The fourth-order valence-corrected chi connectivity index (χ4v) is 4.91. The Hall–Kier alpha value is -3.19. The number of hydrogen-bond acceptors (Lipinski definition) is 4. The predicted octanol–water partition coefficient (Wildman–Crippen LogP) is 3.12. The number of thioether (sulfide) groups is 1. The molecule has 176 valence electrons. The molecule has 7 heteroatoms. The van der Waals surface area contributed by atoms with Gasteiger partial charge in [0.05, 0.1) is 13.2 Å². The lowest BCUT2D eigenvalue weighted by Crippen LogP contribution is -2.49. The number of carbonyl (C=O) groups excluding carboxylic acids is 1. The van der Waals surface area contributed by atoms with Crippen LogP contribution < -0.4 is 14.0 Å². The number of para-hydroxylation sites is 1. The van der Waals surface area contributed by atoms with Crippen LogP contribution in [-0.4, -0.2) is 47.7 Å². The quantitative estimate of drug-likeness (QED) is 0.217. The molecule has 3 heterocycles. The lowest BCUT2D eigenvalue weighted by atomic mass is 10.1. The molecule has 0 spiro atoms. The molecular formula is C27H33N5OS+2. The van der Waals surface area contributed by atoms with E-state index in [1.165, 1.54) is 16.8 Å². The van der Waals surface area contributed by atoms with Gasteiger partial charge in [-0.2, -0.15) is 0 Å². The molecule has 1 saturated heterocycles. The number of rotatable bonds is 8. The molecule has 34 heavy (non-hydrogen) atoms. The zero-order valence-electron chi connectivity index (χ0n) is 20.0. The van der Waals surface area contributed by atoms with E-state index in [0.717, 1.165) is 43.5 Å². The summed E-state index contributed by atoms with van der Waals surface area (Å²) in [4.78, 5) is 21.5. The van der Waals surface area contributed by atoms with Crippen LogP contribution in [0, 0.1) is 0 Å². The van der Waals surface area contributed by atoms with Crippen molar-refractivity contribution in [3.8, 4) is 0 Å². The fourth-order valence-electron chi connectivity index (χ4n) is 4.04. The second kappa shape index (κ2) is 11.8. The molecule has 1 fully saturated rings. The molecule has 4 rings (SSSR count). The van der Waals surface area contributed by atoms with Crippen LogP contribution in [0.2, 0.25) is 0 Å². The third-order valence-corrected chi connectivity index (χ3v) is 7.16. The molecule has 0 bridgehead atoms. The minimum Gasteiger partial charge on any atom is -0.367 e. The van der Waals surface area contributed by atoms with Gasteiger partial charge in [-0.3, -0.25) is 4.79 Å². The van der Waals surface area contributed by atoms with E-state index in [-0.39, 0.29) is 5.91 Å². The summed E-state index contributed by atoms with van der Waals surface area (Å²) in [6, 6.07) is 14.6. The van der Waals surface area contributed by atoms with E-state index >= 15 is 0 Å². The van der Waals surface area contributed by atoms with E-state index in [1.807, 2.05) is 46.6 Å². The first-order chi connectivity index (χ1) is 16.6. The first-order valence-electron chi connectivity index (χ1n) is 11.8. The van der Waals surface area contributed by atoms with Gasteiger partial charge in [-0.05, 0) is 40.4 Å². The van der Waals surface area contributed by atoms with E-state index in [0.29, 0.717) is 6.42 Å². The number of amides is 1. The Morgan fingerprint density at radius 1 is 1.00 bits per heavy atom. The van der Waals surface area contributed by atoms with Gasteiger partial charge in [-0.15, -0.1) is 0 Å². The first kappa shape index (κ1) is 24.0. The SMILES string of the molecule is C[n+]1ccc(/C=C/c2ccccc2N2CCN(C(=O)CCCSc3nccc[n+]3C)CC2)cc1. The largest absolute Gasteiger partial charge is 0.367 e. The predicted molar refractivity (Wildman–Crippen MR) is 137 cm³/mol. The summed E-state index contributed by atoms with van der Waals surface area (Å²) in [5, 5.41) is 0.984. The summed E-state index contributed by atoms with van der Waals surface area (Å²) in [6.45, 7) is 3.26. The van der Waals surface area contributed by atoms with Gasteiger partial charge in [-0.25, -0.2) is 9.13 Å². The van der Waals surface area contributed by atoms with Gasteiger partial charge in [0.2, 0.25) is 5.91 Å². The van der Waals surface area contributed by atoms with Crippen LogP contribution in [-0.2, 0) is 18.9 Å². The number of carbonyl (C=O) groups is 1. The van der Waals surface area contributed by atoms with Crippen LogP contribution in [0.1, 0.15) is 24.0 Å². The Bertz CT molecular complexity index is 1120. The van der Waals surface area contributed by atoms with Crippen LogP contribution in [0.5, 0.6) is 0 Å². The molecule has 3 aromatic rings. The number of benzene rings is 1. The summed E-state index contributed by atoms with van der Waals surface area (Å²) in [6.07, 6.45) is 13.7. The van der Waals surface area contributed by atoms with Gasteiger partial charge in [0, 0.05) is 62.2 Å². The Kier molecular flexibility index (Phi) is 8.31. The van der Waals surface area contributed by atoms with Crippen LogP contribution in [0.15, 0.2) is 72.4 Å². The summed E-state index contributed by atoms with van der Waals surface area (Å²) in [5.74, 6) is 1.16. The number of aryl methyl sites for hydroxylation is 2. The lowest BCUT2D eigenvalue weighted by molar-refractivity contribution is -0.713. The molecule has 0 atom stereocenters. The number of pyridine rings is 1. The molecule has 0 unspecified atom stereocenters. The Balaban J connectivity index is 1.27. The summed E-state index contributed by atoms with van der Waals surface area (Å²) in [5.41, 5.74) is 3.61. The first-order valence-corrected chi connectivity index (χ1v) is 12.8. The van der Waals surface area contributed by atoms with Crippen molar-refractivity contribution in [3.05, 3.63) is 78.4 Å². The van der Waals surface area contributed by atoms with Crippen molar-refractivity contribution in [1.29, 1.82) is 0 Å². The number of anilines is 1. The second-order valence-electron chi connectivity index (χ2n) is 8.52. The van der Waals surface area contributed by atoms with Crippen molar-refractivity contribution in [2.75, 3.05) is 36.8 Å². The van der Waals surface area contributed by atoms with E-state index in [2.05, 4.69) is 70.8 Å². The van der Waals surface area contributed by atoms with E-state index < -0.39 is 0 Å². The highest BCUT2D eigenvalue weighted by Gasteiger charge is 2.22. The average Bonchev–Trinajstić information content (AvgIpc) is 2.87. The van der Waals surface area contributed by atoms with Crippen molar-refractivity contribution >= 4 is 35.5 Å². The van der Waals surface area contributed by atoms with E-state index in [4.69, 9.17) is 0 Å². The highest BCUT2D eigenvalue weighted by Crippen LogP contribution is 2.24. The topological polar surface area (TPSA) is 44.2 Å². The van der Waals surface area contributed by atoms with Gasteiger partial charge in [-0.1, -0.05) is 30.4 Å². The molecule has 1 amide bonds. The van der Waals surface area contributed by atoms with Crippen molar-refractivity contribution in [1.82, 2.24) is 9.88 Å². The van der Waals surface area contributed by atoms with Gasteiger partial charge < -0.3 is 9.80 Å². The third kappa shape index (κ3) is 6.44. The monoisotopic (exact) mass is 475 g/mol. The fraction of sp³-hybridized carbons (Fsp3) is 0.333. The minimum absolute atomic E-state index is 0.260. The standard InChI is InChI=1S/C27H33N5OS/c1-29-16-12-23(13-17-29)10-11-24-7-3-4-8-25(24)31-18-20-32(21-19-31)26(33)9-5-22-34-27-28-14-6-15-30(27)2/h3-4,6-8,10-17H,5,9,18-22H2,1-2H3/q+2. The average molecular weight is 476 g/mol. The Morgan fingerprint density at radius 2 is 1.76 bits per heavy atom. The van der Waals surface area contributed by atoms with Crippen molar-refractivity contribution in [2.24, 2.45) is 14.1 Å². The van der Waals surface area contributed by atoms with Crippen LogP contribution >= 0.6 is 11.8 Å². The molecule has 0 radical (unpaired) electrons. The van der Waals surface area contributed by atoms with Crippen LogP contribution in [0.3, 0.4) is 0 Å². The molecule has 0 saturated carbocycles. The molecule has 1 aliphatic rings. The van der Waals surface area contributed by atoms with Crippen molar-refractivity contribution in [3.63, 3.8) is 0 Å². The maximum atomic E-state index is 12.7. The van der Waals surface area contributed by atoms with E-state index in [1.54, 1.807) is 11.8 Å². The highest BCUT2D eigenvalue weighted by molar-refractivity contribution is 7.99. The van der Waals surface area contributed by atoms with Crippen molar-refractivity contribution < 1.29 is 13.9 Å². The second-order valence-corrected chi connectivity index (χ2v) is 9.58. The normalized spacial score (nSPS) is 14.1. The summed E-state index contributed by atoms with van der Waals surface area (Å²) < 4.78 is 4.05. The Morgan fingerprint density at radius 3 is 2.53 bits per heavy atom. The van der Waals surface area contributed by atoms with Crippen molar-refractivity contribution in [2.45, 2.75) is 18.0 Å². The van der Waals surface area contributed by atoms with Crippen LogP contribution in [0.25, 0.3) is 12.2 Å². The highest BCUT2D eigenvalue weighted by atomic mass is 32.2. The molecule has 0 aliphatic carbocycles. The number of aromatic nitrogens is 3. The molecule has 1 aliphatic heterocycles. The van der Waals surface area contributed by atoms with E-state index in [9.17, 15) is 4.79 Å². The minimum atomic E-state index is 0.260. The molecule has 6 nitrogen and oxygen atoms in total. The Labute approximate surface area is 206 Å². The lowest BCUT2D eigenvalue weighted by Gasteiger charge is -2.37. The number of piperazine rings is 1. The maximum absolute atomic E-state index is 12.7. The number of nitrogens with zero attached hydrogens (tertiary/aromatic N) is 5. The molecule has 1 aromatic carbocycles. The number of hydrogen-bond donors (Lipinski definition) is 0. The molecular weight excluding hydrogens is 442 g/mol. The smallest absolute Gasteiger partial charge is 0.358 e. The zero-order chi connectivity index (χ0) is 23.8. The zero-order valence-corrected chi connectivity index (χ0v) is 20.8. The molecule has 2 aromatic heterocycles. The van der Waals surface area contributed by atoms with Gasteiger partial charge in [0.25, 0.3) is 0 Å². The summed E-state index contributed by atoms with van der Waals surface area (Å²) >= 11 is 1.70. The van der Waals surface area contributed by atoms with Gasteiger partial charge in [0.1, 0.15) is 13.2 Å². The van der Waals surface area contributed by atoms with Gasteiger partial charge in [0.15, 0.2) is 12.4 Å². The third-order valence-electron chi connectivity index (χ3n) is 6.02. The van der Waals surface area contributed by atoms with Crippen LogP contribution in [0.4, 0.5) is 5.69 Å². The maximum Gasteiger partial charge on any atom is 0.358 e.